The lowest BCUT2D eigenvalue weighted by Gasteiger charge is -2.26. The molecule has 4 atom stereocenters. The minimum absolute atomic E-state index is 0.182. The fourth-order valence-corrected chi connectivity index (χ4v) is 3.14. The van der Waals surface area contributed by atoms with Gasteiger partial charge in [0.25, 0.3) is 11.3 Å². The Morgan fingerprint density at radius 3 is 2.80 bits per heavy atom. The minimum Gasteiger partial charge on any atom is -0.394 e. The zero-order valence-corrected chi connectivity index (χ0v) is 13.5. The molecule has 1 saturated heterocycles. The number of aliphatic hydroxyl groups excluding tert-OH is 2. The van der Waals surface area contributed by atoms with Crippen molar-refractivity contribution in [3.05, 3.63) is 30.6 Å². The van der Waals surface area contributed by atoms with Crippen LogP contribution in [0, 0.1) is 14.9 Å². The molecular formula is C10H9BrIN3O5. The fraction of sp³-hybridized carbons (Fsp3) is 0.500. The van der Waals surface area contributed by atoms with Gasteiger partial charge in [-0.1, -0.05) is 15.9 Å². The number of aromatic nitrogens is 2. The van der Waals surface area contributed by atoms with Crippen molar-refractivity contribution in [2.75, 3.05) is 6.61 Å². The predicted molar refractivity (Wildman–Crippen MR) is 78.3 cm³/mol. The van der Waals surface area contributed by atoms with Crippen LogP contribution >= 0.6 is 38.5 Å². The highest BCUT2D eigenvalue weighted by atomic mass is 127. The highest BCUT2D eigenvalue weighted by molar-refractivity contribution is 14.1. The first kappa shape index (κ1) is 15.6. The van der Waals surface area contributed by atoms with Gasteiger partial charge in [-0.3, -0.25) is 14.3 Å². The third-order valence-electron chi connectivity index (χ3n) is 2.98. The van der Waals surface area contributed by atoms with Gasteiger partial charge >= 0.3 is 5.69 Å². The lowest BCUT2D eigenvalue weighted by atomic mass is 10.1. The SMILES string of the molecule is N#C[C@@]1(n2cc(I)c(=O)[nH]c2=O)O[C@H](CO)[C@@H](O)[C@@H]1Br. The van der Waals surface area contributed by atoms with E-state index in [-0.39, 0.29) is 3.57 Å². The van der Waals surface area contributed by atoms with Crippen LogP contribution in [0.2, 0.25) is 0 Å². The first-order valence-corrected chi connectivity index (χ1v) is 7.41. The van der Waals surface area contributed by atoms with Crippen molar-refractivity contribution in [2.45, 2.75) is 22.8 Å². The Morgan fingerprint density at radius 1 is 1.65 bits per heavy atom. The zero-order valence-electron chi connectivity index (χ0n) is 9.79. The van der Waals surface area contributed by atoms with Gasteiger partial charge in [-0.2, -0.15) is 5.26 Å². The Bertz CT molecular complexity index is 683. The van der Waals surface area contributed by atoms with E-state index in [1.807, 2.05) is 6.07 Å². The second-order valence-corrected chi connectivity index (χ2v) is 6.29. The molecule has 0 unspecified atom stereocenters. The van der Waals surface area contributed by atoms with E-state index in [1.54, 1.807) is 22.6 Å². The number of H-pyrrole nitrogens is 1. The second-order valence-electron chi connectivity index (χ2n) is 4.15. The fourth-order valence-electron chi connectivity index (χ4n) is 1.96. The topological polar surface area (TPSA) is 128 Å². The molecule has 2 rings (SSSR count). The summed E-state index contributed by atoms with van der Waals surface area (Å²) in [4.78, 5) is 24.4. The maximum absolute atomic E-state index is 11.9. The van der Waals surface area contributed by atoms with Gasteiger partial charge in [0.1, 0.15) is 23.1 Å². The van der Waals surface area contributed by atoms with Gasteiger partial charge in [-0.05, 0) is 22.6 Å². The number of hydrogen-bond donors (Lipinski definition) is 3. The smallest absolute Gasteiger partial charge is 0.331 e. The molecule has 0 bridgehead atoms. The Morgan fingerprint density at radius 2 is 2.30 bits per heavy atom. The first-order valence-electron chi connectivity index (χ1n) is 5.41. The molecule has 8 nitrogen and oxygen atoms in total. The highest BCUT2D eigenvalue weighted by Crippen LogP contribution is 2.39. The molecule has 1 aromatic rings. The van der Waals surface area contributed by atoms with Crippen molar-refractivity contribution in [1.82, 2.24) is 9.55 Å². The van der Waals surface area contributed by atoms with Gasteiger partial charge in [0.15, 0.2) is 0 Å². The molecule has 20 heavy (non-hydrogen) atoms. The summed E-state index contributed by atoms with van der Waals surface area (Å²) >= 11 is 4.83. The van der Waals surface area contributed by atoms with Gasteiger partial charge in [-0.15, -0.1) is 0 Å². The number of nitrogens with zero attached hydrogens (tertiary/aromatic N) is 2. The summed E-state index contributed by atoms with van der Waals surface area (Å²) < 4.78 is 6.44. The third kappa shape index (κ3) is 2.23. The summed E-state index contributed by atoms with van der Waals surface area (Å²) in [7, 11) is 0. The van der Waals surface area contributed by atoms with Gasteiger partial charge in [0.05, 0.1) is 10.2 Å². The first-order chi connectivity index (χ1) is 9.37. The summed E-state index contributed by atoms with van der Waals surface area (Å²) in [5.41, 5.74) is -3.27. The van der Waals surface area contributed by atoms with Gasteiger partial charge in [0, 0.05) is 6.20 Å². The molecule has 0 amide bonds. The van der Waals surface area contributed by atoms with Crippen LogP contribution in [0.3, 0.4) is 0 Å². The van der Waals surface area contributed by atoms with E-state index in [0.29, 0.717) is 0 Å². The maximum atomic E-state index is 11.9. The van der Waals surface area contributed by atoms with Crippen molar-refractivity contribution < 1.29 is 14.9 Å². The Kier molecular flexibility index (Phi) is 4.35. The largest absolute Gasteiger partial charge is 0.394 e. The van der Waals surface area contributed by atoms with Crippen LogP contribution in [0.1, 0.15) is 0 Å². The number of aliphatic hydroxyl groups is 2. The molecule has 1 aromatic heterocycles. The molecule has 2 heterocycles. The molecule has 0 radical (unpaired) electrons. The van der Waals surface area contributed by atoms with E-state index in [1.165, 1.54) is 6.20 Å². The van der Waals surface area contributed by atoms with E-state index in [0.717, 1.165) is 4.57 Å². The molecule has 108 valence electrons. The summed E-state index contributed by atoms with van der Waals surface area (Å²) in [5.74, 6) is 0. The van der Waals surface area contributed by atoms with Crippen molar-refractivity contribution in [2.24, 2.45) is 0 Å². The van der Waals surface area contributed by atoms with Crippen LogP contribution in [0.4, 0.5) is 0 Å². The lowest BCUT2D eigenvalue weighted by molar-refractivity contribution is -0.0838. The number of halogens is 2. The zero-order chi connectivity index (χ0) is 15.1. The summed E-state index contributed by atoms with van der Waals surface area (Å²) in [5, 5.41) is 28.5. The molecule has 0 spiro atoms. The summed E-state index contributed by atoms with van der Waals surface area (Å²) in [6.07, 6.45) is -1.03. The van der Waals surface area contributed by atoms with E-state index in [9.17, 15) is 20.0 Å². The molecule has 1 fully saturated rings. The number of nitrogens with one attached hydrogen (secondary N) is 1. The van der Waals surface area contributed by atoms with Crippen LogP contribution in [0.25, 0.3) is 0 Å². The number of rotatable bonds is 2. The van der Waals surface area contributed by atoms with E-state index < -0.39 is 40.6 Å². The predicted octanol–water partition coefficient (Wildman–Crippen LogP) is -1.17. The van der Waals surface area contributed by atoms with Crippen molar-refractivity contribution in [3.8, 4) is 6.07 Å². The molecule has 3 N–H and O–H groups in total. The summed E-state index contributed by atoms with van der Waals surface area (Å²) in [6.45, 7) is -0.512. The molecule has 0 aliphatic carbocycles. The van der Waals surface area contributed by atoms with Gasteiger partial charge < -0.3 is 14.9 Å². The average molecular weight is 458 g/mol. The van der Waals surface area contributed by atoms with E-state index in [4.69, 9.17) is 9.84 Å². The molecule has 10 heteroatoms. The quantitative estimate of drug-likeness (QED) is 0.379. The van der Waals surface area contributed by atoms with Crippen LogP contribution in [0.15, 0.2) is 15.8 Å². The van der Waals surface area contributed by atoms with Crippen LogP contribution in [-0.2, 0) is 10.5 Å². The monoisotopic (exact) mass is 457 g/mol. The molecule has 1 aliphatic rings. The second kappa shape index (κ2) is 5.57. The number of ether oxygens (including phenoxy) is 1. The van der Waals surface area contributed by atoms with Crippen molar-refractivity contribution >= 4 is 38.5 Å². The Labute approximate surface area is 134 Å². The molecule has 0 aromatic carbocycles. The number of aromatic amines is 1. The van der Waals surface area contributed by atoms with Crippen LogP contribution in [0.5, 0.6) is 0 Å². The summed E-state index contributed by atoms with van der Waals surface area (Å²) in [6, 6.07) is 1.82. The van der Waals surface area contributed by atoms with Gasteiger partial charge in [0.2, 0.25) is 0 Å². The van der Waals surface area contributed by atoms with E-state index in [2.05, 4.69) is 20.9 Å². The normalized spacial score (nSPS) is 33.0. The maximum Gasteiger partial charge on any atom is 0.331 e. The van der Waals surface area contributed by atoms with Gasteiger partial charge in [-0.25, -0.2) is 4.79 Å². The average Bonchev–Trinajstić information content (AvgIpc) is 2.68. The Balaban J connectivity index is 2.65. The number of alkyl halides is 1. The van der Waals surface area contributed by atoms with E-state index >= 15 is 0 Å². The van der Waals surface area contributed by atoms with Crippen LogP contribution in [-0.4, -0.2) is 43.4 Å². The standard InChI is InChI=1S/C10H9BrIN3O5/c11-7-6(17)5(2-16)20-10(7,3-13)15-1-4(12)8(18)14-9(15)19/h1,5-7,16-17H,2H2,(H,14,18,19)/t5-,6-,7+,10-/m1/s1. The molecule has 0 saturated carbocycles. The van der Waals surface area contributed by atoms with Crippen molar-refractivity contribution in [1.29, 1.82) is 5.26 Å². The third-order valence-corrected chi connectivity index (χ3v) is 4.91. The van der Waals surface area contributed by atoms with Crippen LogP contribution < -0.4 is 11.2 Å². The number of nitriles is 1. The molecular weight excluding hydrogens is 449 g/mol. The molecule has 1 aliphatic heterocycles. The number of hydrogen-bond acceptors (Lipinski definition) is 6. The Hall–Kier alpha value is -0.740. The lowest BCUT2D eigenvalue weighted by Crippen LogP contribution is -2.49. The highest BCUT2D eigenvalue weighted by Gasteiger charge is 2.56. The van der Waals surface area contributed by atoms with Crippen molar-refractivity contribution in [3.63, 3.8) is 0 Å². The minimum atomic E-state index is -1.85.